The molecule has 0 unspecified atom stereocenters. The molecule has 0 aromatic heterocycles. The predicted molar refractivity (Wildman–Crippen MR) is 86.6 cm³/mol. The molecular formula is C19H15N. The Hall–Kier alpha value is -2.54. The minimum atomic E-state index is 1.16. The fraction of sp³-hybridized carbons (Fsp3) is 0.0526. The molecule has 1 aliphatic heterocycles. The van der Waals surface area contributed by atoms with Crippen molar-refractivity contribution in [1.29, 1.82) is 0 Å². The van der Waals surface area contributed by atoms with Gasteiger partial charge in [0.25, 0.3) is 0 Å². The third-order valence-corrected chi connectivity index (χ3v) is 3.87. The molecule has 1 heteroatoms. The minimum Gasteiger partial charge on any atom is -0.354 e. The van der Waals surface area contributed by atoms with Gasteiger partial charge in [0, 0.05) is 16.8 Å². The first-order valence-electron chi connectivity index (χ1n) is 6.89. The van der Waals surface area contributed by atoms with Gasteiger partial charge in [-0.05, 0) is 35.6 Å². The maximum absolute atomic E-state index is 3.56. The number of hydrogen-bond acceptors (Lipinski definition) is 1. The largest absolute Gasteiger partial charge is 0.354 e. The summed E-state index contributed by atoms with van der Waals surface area (Å²) in [5, 5.41) is 6.15. The Kier molecular flexibility index (Phi) is 2.40. The Morgan fingerprint density at radius 1 is 0.800 bits per heavy atom. The number of anilines is 1. The topological polar surface area (TPSA) is 12.0 Å². The number of hydrogen-bond donors (Lipinski definition) is 1. The lowest BCUT2D eigenvalue weighted by Crippen LogP contribution is -2.04. The summed E-state index contributed by atoms with van der Waals surface area (Å²) < 4.78 is 0. The summed E-state index contributed by atoms with van der Waals surface area (Å²) in [6.07, 6.45) is 2.24. The monoisotopic (exact) mass is 257 g/mol. The van der Waals surface area contributed by atoms with E-state index in [-0.39, 0.29) is 0 Å². The highest BCUT2D eigenvalue weighted by Crippen LogP contribution is 2.35. The molecule has 0 bridgehead atoms. The zero-order chi connectivity index (χ0) is 13.5. The second-order valence-corrected chi connectivity index (χ2v) is 5.30. The Morgan fingerprint density at radius 2 is 1.55 bits per heavy atom. The second-order valence-electron chi connectivity index (χ2n) is 5.30. The van der Waals surface area contributed by atoms with Gasteiger partial charge in [0.15, 0.2) is 0 Å². The summed E-state index contributed by atoms with van der Waals surface area (Å²) in [6, 6.07) is 21.5. The van der Waals surface area contributed by atoms with E-state index in [4.69, 9.17) is 0 Å². The van der Waals surface area contributed by atoms with Crippen LogP contribution in [0, 0.1) is 6.92 Å². The van der Waals surface area contributed by atoms with E-state index in [2.05, 4.69) is 79.0 Å². The number of nitrogens with one attached hydrogen (secondary N) is 1. The van der Waals surface area contributed by atoms with Crippen molar-refractivity contribution in [1.82, 2.24) is 0 Å². The molecule has 0 amide bonds. The fourth-order valence-electron chi connectivity index (χ4n) is 2.82. The lowest BCUT2D eigenvalue weighted by molar-refractivity contribution is 1.44. The first-order chi connectivity index (χ1) is 9.81. The Balaban J connectivity index is 1.92. The number of aryl methyl sites for hydroxylation is 1. The third kappa shape index (κ3) is 1.71. The zero-order valence-electron chi connectivity index (χ0n) is 11.4. The lowest BCUT2D eigenvalue weighted by atomic mass is 9.96. The van der Waals surface area contributed by atoms with Gasteiger partial charge < -0.3 is 5.32 Å². The molecular weight excluding hydrogens is 242 g/mol. The molecule has 96 valence electrons. The Labute approximate surface area is 118 Å². The van der Waals surface area contributed by atoms with Crippen molar-refractivity contribution in [3.05, 3.63) is 77.4 Å². The van der Waals surface area contributed by atoms with E-state index in [1.807, 2.05) is 0 Å². The number of rotatable bonds is 1. The van der Waals surface area contributed by atoms with Crippen LogP contribution in [-0.4, -0.2) is 0 Å². The molecule has 0 fully saturated rings. The minimum absolute atomic E-state index is 1.16. The van der Waals surface area contributed by atoms with Gasteiger partial charge in [-0.2, -0.15) is 0 Å². The van der Waals surface area contributed by atoms with Crippen LogP contribution in [0.2, 0.25) is 0 Å². The highest BCUT2D eigenvalue weighted by Gasteiger charge is 2.13. The zero-order valence-corrected chi connectivity index (χ0v) is 11.4. The quantitative estimate of drug-likeness (QED) is 0.641. The SMILES string of the molecule is Cc1ccc(C2=Cc3cccc4cccc(c34)N2)cc1. The van der Waals surface area contributed by atoms with Crippen molar-refractivity contribution >= 4 is 28.2 Å². The van der Waals surface area contributed by atoms with Crippen LogP contribution in [-0.2, 0) is 0 Å². The summed E-state index contributed by atoms with van der Waals surface area (Å²) in [6.45, 7) is 2.11. The predicted octanol–water partition coefficient (Wildman–Crippen LogP) is 5.07. The van der Waals surface area contributed by atoms with Crippen LogP contribution in [0.25, 0.3) is 22.5 Å². The van der Waals surface area contributed by atoms with Crippen molar-refractivity contribution in [2.24, 2.45) is 0 Å². The van der Waals surface area contributed by atoms with Crippen LogP contribution in [0.1, 0.15) is 16.7 Å². The first-order valence-corrected chi connectivity index (χ1v) is 6.89. The van der Waals surface area contributed by atoms with E-state index in [1.165, 1.54) is 33.2 Å². The van der Waals surface area contributed by atoms with Crippen molar-refractivity contribution < 1.29 is 0 Å². The molecule has 0 saturated carbocycles. The van der Waals surface area contributed by atoms with Crippen LogP contribution < -0.4 is 5.32 Å². The highest BCUT2D eigenvalue weighted by molar-refractivity contribution is 6.09. The van der Waals surface area contributed by atoms with E-state index < -0.39 is 0 Å². The summed E-state index contributed by atoms with van der Waals surface area (Å²) in [5.74, 6) is 0. The Morgan fingerprint density at radius 3 is 2.35 bits per heavy atom. The highest BCUT2D eigenvalue weighted by atomic mass is 14.9. The van der Waals surface area contributed by atoms with E-state index in [0.717, 1.165) is 5.70 Å². The average molecular weight is 257 g/mol. The molecule has 1 N–H and O–H groups in total. The van der Waals surface area contributed by atoms with Crippen LogP contribution in [0.15, 0.2) is 60.7 Å². The fourth-order valence-corrected chi connectivity index (χ4v) is 2.82. The molecule has 1 heterocycles. The van der Waals surface area contributed by atoms with E-state index in [0.29, 0.717) is 0 Å². The van der Waals surface area contributed by atoms with Crippen molar-refractivity contribution in [2.75, 3.05) is 5.32 Å². The number of benzene rings is 3. The normalized spacial score (nSPS) is 12.9. The van der Waals surface area contributed by atoms with E-state index >= 15 is 0 Å². The maximum Gasteiger partial charge on any atom is 0.0470 e. The lowest BCUT2D eigenvalue weighted by Gasteiger charge is -2.20. The molecule has 1 nitrogen and oxygen atoms in total. The second kappa shape index (κ2) is 4.24. The van der Waals surface area contributed by atoms with Gasteiger partial charge in [-0.25, -0.2) is 0 Å². The van der Waals surface area contributed by atoms with E-state index in [1.54, 1.807) is 0 Å². The molecule has 4 rings (SSSR count). The van der Waals surface area contributed by atoms with Crippen LogP contribution in [0.3, 0.4) is 0 Å². The van der Waals surface area contributed by atoms with Crippen LogP contribution in [0.4, 0.5) is 5.69 Å². The van der Waals surface area contributed by atoms with Gasteiger partial charge in [0.1, 0.15) is 0 Å². The summed E-state index contributed by atoms with van der Waals surface area (Å²) in [4.78, 5) is 0. The summed E-state index contributed by atoms with van der Waals surface area (Å²) in [7, 11) is 0. The van der Waals surface area contributed by atoms with Gasteiger partial charge >= 0.3 is 0 Å². The molecule has 0 radical (unpaired) electrons. The Bertz CT molecular complexity index is 821. The van der Waals surface area contributed by atoms with Gasteiger partial charge in [0.2, 0.25) is 0 Å². The molecule has 0 aliphatic carbocycles. The molecule has 20 heavy (non-hydrogen) atoms. The molecule has 0 spiro atoms. The van der Waals surface area contributed by atoms with Gasteiger partial charge in [0.05, 0.1) is 0 Å². The maximum atomic E-state index is 3.56. The van der Waals surface area contributed by atoms with E-state index in [9.17, 15) is 0 Å². The third-order valence-electron chi connectivity index (χ3n) is 3.87. The smallest absolute Gasteiger partial charge is 0.0470 e. The molecule has 3 aromatic rings. The first kappa shape index (κ1) is 11.3. The van der Waals surface area contributed by atoms with Crippen LogP contribution >= 0.6 is 0 Å². The van der Waals surface area contributed by atoms with Crippen LogP contribution in [0.5, 0.6) is 0 Å². The molecule has 1 aliphatic rings. The average Bonchev–Trinajstić information content (AvgIpc) is 2.48. The van der Waals surface area contributed by atoms with Gasteiger partial charge in [-0.3, -0.25) is 0 Å². The molecule has 3 aromatic carbocycles. The summed E-state index contributed by atoms with van der Waals surface area (Å²) in [5.41, 5.74) is 6.15. The van der Waals surface area contributed by atoms with Crippen molar-refractivity contribution in [2.45, 2.75) is 6.92 Å². The van der Waals surface area contributed by atoms with Crippen molar-refractivity contribution in [3.8, 4) is 0 Å². The molecule has 0 atom stereocenters. The molecule has 0 saturated heterocycles. The van der Waals surface area contributed by atoms with Crippen molar-refractivity contribution in [3.63, 3.8) is 0 Å². The summed E-state index contributed by atoms with van der Waals surface area (Å²) >= 11 is 0. The van der Waals surface area contributed by atoms with Gasteiger partial charge in [-0.15, -0.1) is 0 Å². The standard InChI is InChI=1S/C19H15N/c1-13-8-10-14(11-9-13)18-12-16-6-2-4-15-5-3-7-17(20-18)19(15)16/h2-12,20H,1H3. The van der Waals surface area contributed by atoms with Gasteiger partial charge in [-0.1, -0.05) is 60.2 Å².